The zero-order valence-corrected chi connectivity index (χ0v) is 10.9. The molecule has 4 unspecified atom stereocenters. The van der Waals surface area contributed by atoms with Gasteiger partial charge in [0.15, 0.2) is 0 Å². The second kappa shape index (κ2) is 4.62. The summed E-state index contributed by atoms with van der Waals surface area (Å²) in [6, 6.07) is 0. The van der Waals surface area contributed by atoms with Crippen LogP contribution in [0, 0.1) is 23.7 Å². The van der Waals surface area contributed by atoms with E-state index in [0.29, 0.717) is 13.0 Å². The second-order valence-electron chi connectivity index (χ2n) is 6.07. The summed E-state index contributed by atoms with van der Waals surface area (Å²) in [5.74, 6) is -1.56. The van der Waals surface area contributed by atoms with Crippen LogP contribution in [0.4, 0.5) is 0 Å². The van der Waals surface area contributed by atoms with E-state index in [4.69, 9.17) is 5.11 Å². The van der Waals surface area contributed by atoms with Crippen molar-refractivity contribution < 1.29 is 19.5 Å². The number of amides is 2. The molecule has 0 aromatic rings. The van der Waals surface area contributed by atoms with Gasteiger partial charge in [0.1, 0.15) is 0 Å². The normalized spacial score (nSPS) is 38.0. The maximum absolute atomic E-state index is 12.2. The van der Waals surface area contributed by atoms with Gasteiger partial charge in [-0.1, -0.05) is 12.8 Å². The number of aliphatic carboxylic acids is 1. The molecule has 2 saturated carbocycles. The smallest absolute Gasteiger partial charge is 0.306 e. The van der Waals surface area contributed by atoms with E-state index in [-0.39, 0.29) is 35.5 Å². The summed E-state index contributed by atoms with van der Waals surface area (Å²) in [6.45, 7) is 0.321. The first kappa shape index (κ1) is 12.6. The Morgan fingerprint density at radius 1 is 1.05 bits per heavy atom. The SMILES string of the molecule is O=C(O)C1CCCC1CN1C(=O)C2CCCC2C1=O. The van der Waals surface area contributed by atoms with Crippen LogP contribution in [0.15, 0.2) is 0 Å². The van der Waals surface area contributed by atoms with E-state index >= 15 is 0 Å². The minimum atomic E-state index is -0.790. The zero-order valence-electron chi connectivity index (χ0n) is 10.9. The summed E-state index contributed by atoms with van der Waals surface area (Å²) in [7, 11) is 0. The van der Waals surface area contributed by atoms with E-state index in [1.165, 1.54) is 4.90 Å². The van der Waals surface area contributed by atoms with Gasteiger partial charge in [0.05, 0.1) is 17.8 Å². The number of carbonyl (C=O) groups excluding carboxylic acids is 2. The Labute approximate surface area is 112 Å². The quantitative estimate of drug-likeness (QED) is 0.780. The van der Waals surface area contributed by atoms with Gasteiger partial charge in [-0.15, -0.1) is 0 Å². The van der Waals surface area contributed by atoms with Crippen LogP contribution in [-0.2, 0) is 14.4 Å². The third-order valence-corrected chi connectivity index (χ3v) is 5.08. The van der Waals surface area contributed by atoms with Crippen LogP contribution in [0.25, 0.3) is 0 Å². The fourth-order valence-electron chi connectivity index (χ4n) is 4.06. The average Bonchev–Trinajstić information content (AvgIpc) is 3.05. The van der Waals surface area contributed by atoms with Crippen molar-refractivity contribution in [3.63, 3.8) is 0 Å². The van der Waals surface area contributed by atoms with Crippen LogP contribution in [0.5, 0.6) is 0 Å². The lowest BCUT2D eigenvalue weighted by Crippen LogP contribution is -2.38. The molecule has 3 aliphatic rings. The lowest BCUT2D eigenvalue weighted by Gasteiger charge is -2.22. The molecular formula is C14H19NO4. The molecule has 1 N–H and O–H groups in total. The number of hydrogen-bond acceptors (Lipinski definition) is 3. The Balaban J connectivity index is 1.72. The maximum Gasteiger partial charge on any atom is 0.306 e. The molecule has 1 saturated heterocycles. The number of rotatable bonds is 3. The predicted octanol–water partition coefficient (Wildman–Crippen LogP) is 1.27. The molecule has 104 valence electrons. The summed E-state index contributed by atoms with van der Waals surface area (Å²) < 4.78 is 0. The highest BCUT2D eigenvalue weighted by molar-refractivity contribution is 6.05. The van der Waals surface area contributed by atoms with Gasteiger partial charge in [-0.25, -0.2) is 0 Å². The van der Waals surface area contributed by atoms with Gasteiger partial charge < -0.3 is 5.11 Å². The molecular weight excluding hydrogens is 246 g/mol. The number of likely N-dealkylation sites (tertiary alicyclic amines) is 1. The number of nitrogens with zero attached hydrogens (tertiary/aromatic N) is 1. The first-order chi connectivity index (χ1) is 9.09. The van der Waals surface area contributed by atoms with Crippen molar-refractivity contribution in [3.05, 3.63) is 0 Å². The lowest BCUT2D eigenvalue weighted by atomic mass is 9.95. The summed E-state index contributed by atoms with van der Waals surface area (Å²) in [5.41, 5.74) is 0. The van der Waals surface area contributed by atoms with E-state index in [1.807, 2.05) is 0 Å². The Hall–Kier alpha value is -1.39. The molecule has 5 heteroatoms. The molecule has 0 bridgehead atoms. The molecule has 3 fully saturated rings. The Morgan fingerprint density at radius 3 is 2.21 bits per heavy atom. The standard InChI is InChI=1S/C14H19NO4/c16-12-10-5-2-6-11(10)13(17)15(12)7-8-3-1-4-9(8)14(18)19/h8-11H,1-7H2,(H,18,19). The summed E-state index contributed by atoms with van der Waals surface area (Å²) >= 11 is 0. The lowest BCUT2D eigenvalue weighted by molar-refractivity contribution is -0.147. The van der Waals surface area contributed by atoms with Crippen LogP contribution in [0.3, 0.4) is 0 Å². The minimum Gasteiger partial charge on any atom is -0.481 e. The van der Waals surface area contributed by atoms with Crippen LogP contribution in [0.2, 0.25) is 0 Å². The van der Waals surface area contributed by atoms with Crippen LogP contribution >= 0.6 is 0 Å². The summed E-state index contributed by atoms with van der Waals surface area (Å²) in [6.07, 6.45) is 4.95. The highest BCUT2D eigenvalue weighted by Gasteiger charge is 2.50. The Bertz CT molecular complexity index is 411. The number of carboxylic acids is 1. The van der Waals surface area contributed by atoms with Gasteiger partial charge in [-0.05, 0) is 31.6 Å². The first-order valence-electron chi connectivity index (χ1n) is 7.17. The molecule has 0 radical (unpaired) electrons. The number of imide groups is 1. The molecule has 5 nitrogen and oxygen atoms in total. The topological polar surface area (TPSA) is 74.7 Å². The molecule has 2 amide bonds. The number of hydrogen-bond donors (Lipinski definition) is 1. The third kappa shape index (κ3) is 1.95. The number of fused-ring (bicyclic) bond motifs is 1. The van der Waals surface area contributed by atoms with Gasteiger partial charge in [-0.3, -0.25) is 19.3 Å². The highest BCUT2D eigenvalue weighted by Crippen LogP contribution is 2.41. The van der Waals surface area contributed by atoms with Gasteiger partial charge >= 0.3 is 5.97 Å². The fourth-order valence-corrected chi connectivity index (χ4v) is 4.06. The van der Waals surface area contributed by atoms with E-state index in [0.717, 1.165) is 32.1 Å². The van der Waals surface area contributed by atoms with E-state index < -0.39 is 5.97 Å². The van der Waals surface area contributed by atoms with Gasteiger partial charge in [0.2, 0.25) is 11.8 Å². The van der Waals surface area contributed by atoms with Crippen LogP contribution in [-0.4, -0.2) is 34.3 Å². The van der Waals surface area contributed by atoms with Crippen molar-refractivity contribution in [2.75, 3.05) is 6.54 Å². The molecule has 4 atom stereocenters. The zero-order chi connectivity index (χ0) is 13.6. The first-order valence-corrected chi connectivity index (χ1v) is 7.17. The van der Waals surface area contributed by atoms with Crippen molar-refractivity contribution >= 4 is 17.8 Å². The van der Waals surface area contributed by atoms with Crippen molar-refractivity contribution in [1.82, 2.24) is 4.90 Å². The van der Waals surface area contributed by atoms with Crippen molar-refractivity contribution in [1.29, 1.82) is 0 Å². The van der Waals surface area contributed by atoms with Crippen LogP contribution in [0.1, 0.15) is 38.5 Å². The average molecular weight is 265 g/mol. The minimum absolute atomic E-state index is 0.0516. The third-order valence-electron chi connectivity index (χ3n) is 5.08. The van der Waals surface area contributed by atoms with Crippen molar-refractivity contribution in [2.45, 2.75) is 38.5 Å². The van der Waals surface area contributed by atoms with E-state index in [1.54, 1.807) is 0 Å². The fraction of sp³-hybridized carbons (Fsp3) is 0.786. The second-order valence-corrected chi connectivity index (χ2v) is 6.07. The molecule has 2 aliphatic carbocycles. The van der Waals surface area contributed by atoms with Crippen LogP contribution < -0.4 is 0 Å². The highest BCUT2D eigenvalue weighted by atomic mass is 16.4. The summed E-state index contributed by atoms with van der Waals surface area (Å²) in [4.78, 5) is 37.0. The Kier molecular flexibility index (Phi) is 3.07. The molecule has 0 aromatic heterocycles. The van der Waals surface area contributed by atoms with Gasteiger partial charge in [0, 0.05) is 6.54 Å². The largest absolute Gasteiger partial charge is 0.481 e. The van der Waals surface area contributed by atoms with Crippen molar-refractivity contribution in [3.8, 4) is 0 Å². The van der Waals surface area contributed by atoms with Gasteiger partial charge in [0.25, 0.3) is 0 Å². The predicted molar refractivity (Wildman–Crippen MR) is 66.0 cm³/mol. The van der Waals surface area contributed by atoms with E-state index in [9.17, 15) is 14.4 Å². The molecule has 1 heterocycles. The van der Waals surface area contributed by atoms with E-state index in [2.05, 4.69) is 0 Å². The molecule has 0 aromatic carbocycles. The number of carboxylic acid groups (broad SMARTS) is 1. The maximum atomic E-state index is 12.2. The molecule has 19 heavy (non-hydrogen) atoms. The van der Waals surface area contributed by atoms with Gasteiger partial charge in [-0.2, -0.15) is 0 Å². The summed E-state index contributed by atoms with van der Waals surface area (Å²) in [5, 5.41) is 9.16. The number of carbonyl (C=O) groups is 3. The Morgan fingerprint density at radius 2 is 1.63 bits per heavy atom. The molecule has 0 spiro atoms. The van der Waals surface area contributed by atoms with Crippen molar-refractivity contribution in [2.24, 2.45) is 23.7 Å². The molecule has 1 aliphatic heterocycles. The monoisotopic (exact) mass is 265 g/mol. The molecule has 3 rings (SSSR count).